The Bertz CT molecular complexity index is 509. The predicted molar refractivity (Wildman–Crippen MR) is 79.1 cm³/mol. The lowest BCUT2D eigenvalue weighted by molar-refractivity contribution is -0.127. The molecule has 1 aliphatic rings. The van der Waals surface area contributed by atoms with E-state index in [4.69, 9.17) is 5.73 Å². The number of hydrogen-bond donors (Lipinski definition) is 3. The van der Waals surface area contributed by atoms with Gasteiger partial charge >= 0.3 is 0 Å². The van der Waals surface area contributed by atoms with Crippen LogP contribution in [0.25, 0.3) is 0 Å². The first-order valence-corrected chi connectivity index (χ1v) is 7.42. The van der Waals surface area contributed by atoms with E-state index < -0.39 is 11.6 Å². The van der Waals surface area contributed by atoms with Gasteiger partial charge in [-0.2, -0.15) is 0 Å². The Morgan fingerprint density at radius 3 is 2.90 bits per heavy atom. The molecule has 1 amide bonds. The summed E-state index contributed by atoms with van der Waals surface area (Å²) in [4.78, 5) is 12.2. The number of rotatable bonds is 5. The van der Waals surface area contributed by atoms with Crippen LogP contribution in [0.15, 0.2) is 24.3 Å². The molecule has 0 aromatic heterocycles. The van der Waals surface area contributed by atoms with E-state index in [-0.39, 0.29) is 30.6 Å². The van der Waals surface area contributed by atoms with E-state index >= 15 is 0 Å². The van der Waals surface area contributed by atoms with E-state index in [1.54, 1.807) is 18.2 Å². The molecule has 0 spiro atoms. The van der Waals surface area contributed by atoms with Gasteiger partial charge in [0.1, 0.15) is 5.82 Å². The van der Waals surface area contributed by atoms with Crippen LogP contribution in [0, 0.1) is 11.7 Å². The van der Waals surface area contributed by atoms with Crippen molar-refractivity contribution in [1.29, 1.82) is 0 Å². The van der Waals surface area contributed by atoms with Gasteiger partial charge in [0.25, 0.3) is 0 Å². The molecule has 1 aromatic rings. The molecule has 0 saturated heterocycles. The standard InChI is InChI=1S/C16H23FN2O2/c1-11-5-4-8-16(11,18)15(21)19-10-13(20)9-12-6-2-3-7-14(12)17/h2-3,6-7,11,13,20H,4-5,8-10,18H2,1H3,(H,19,21). The van der Waals surface area contributed by atoms with Crippen LogP contribution in [0.2, 0.25) is 0 Å². The van der Waals surface area contributed by atoms with Gasteiger partial charge in [-0.25, -0.2) is 4.39 Å². The summed E-state index contributed by atoms with van der Waals surface area (Å²) < 4.78 is 13.5. The summed E-state index contributed by atoms with van der Waals surface area (Å²) in [5, 5.41) is 12.6. The van der Waals surface area contributed by atoms with E-state index in [9.17, 15) is 14.3 Å². The van der Waals surface area contributed by atoms with Gasteiger partial charge < -0.3 is 16.2 Å². The summed E-state index contributed by atoms with van der Waals surface area (Å²) in [5.74, 6) is -0.427. The third kappa shape index (κ3) is 3.60. The Balaban J connectivity index is 1.85. The number of nitrogens with one attached hydrogen (secondary N) is 1. The second kappa shape index (κ2) is 6.54. The summed E-state index contributed by atoms with van der Waals surface area (Å²) in [5.41, 5.74) is 5.76. The Morgan fingerprint density at radius 2 is 2.29 bits per heavy atom. The topological polar surface area (TPSA) is 75.4 Å². The number of carbonyl (C=O) groups is 1. The maximum absolute atomic E-state index is 13.5. The highest BCUT2D eigenvalue weighted by atomic mass is 19.1. The number of carbonyl (C=O) groups excluding carboxylic acids is 1. The van der Waals surface area contributed by atoms with Gasteiger partial charge in [0, 0.05) is 13.0 Å². The van der Waals surface area contributed by atoms with Gasteiger partial charge in [0.05, 0.1) is 11.6 Å². The van der Waals surface area contributed by atoms with Gasteiger partial charge in [-0.05, 0) is 30.4 Å². The molecule has 1 fully saturated rings. The second-order valence-corrected chi connectivity index (χ2v) is 5.99. The molecule has 2 rings (SSSR count). The Kier molecular flexibility index (Phi) is 4.96. The minimum Gasteiger partial charge on any atom is -0.391 e. The largest absolute Gasteiger partial charge is 0.391 e. The smallest absolute Gasteiger partial charge is 0.240 e. The molecule has 4 N–H and O–H groups in total. The first-order chi connectivity index (χ1) is 9.93. The maximum atomic E-state index is 13.5. The highest BCUT2D eigenvalue weighted by Crippen LogP contribution is 2.33. The zero-order chi connectivity index (χ0) is 15.5. The van der Waals surface area contributed by atoms with Gasteiger partial charge in [0.15, 0.2) is 0 Å². The van der Waals surface area contributed by atoms with Gasteiger partial charge in [-0.1, -0.05) is 31.5 Å². The van der Waals surface area contributed by atoms with Crippen LogP contribution in [-0.2, 0) is 11.2 Å². The number of aliphatic hydroxyl groups excluding tert-OH is 1. The monoisotopic (exact) mass is 294 g/mol. The molecule has 3 unspecified atom stereocenters. The van der Waals surface area contributed by atoms with Crippen LogP contribution < -0.4 is 11.1 Å². The quantitative estimate of drug-likeness (QED) is 0.767. The molecule has 4 nitrogen and oxygen atoms in total. The lowest BCUT2D eigenvalue weighted by atomic mass is 9.88. The summed E-state index contributed by atoms with van der Waals surface area (Å²) in [6.07, 6.45) is 1.90. The highest BCUT2D eigenvalue weighted by molar-refractivity contribution is 5.86. The van der Waals surface area contributed by atoms with Crippen molar-refractivity contribution in [1.82, 2.24) is 5.32 Å². The molecule has 1 aliphatic carbocycles. The average molecular weight is 294 g/mol. The van der Waals surface area contributed by atoms with E-state index in [2.05, 4.69) is 5.32 Å². The molecule has 21 heavy (non-hydrogen) atoms. The van der Waals surface area contributed by atoms with Crippen LogP contribution in [0.5, 0.6) is 0 Å². The Hall–Kier alpha value is -1.46. The van der Waals surface area contributed by atoms with Crippen molar-refractivity contribution in [2.75, 3.05) is 6.54 Å². The number of amides is 1. The second-order valence-electron chi connectivity index (χ2n) is 5.99. The third-order valence-corrected chi connectivity index (χ3v) is 4.44. The highest BCUT2D eigenvalue weighted by Gasteiger charge is 2.43. The number of nitrogens with two attached hydrogens (primary N) is 1. The molecule has 1 saturated carbocycles. The van der Waals surface area contributed by atoms with E-state index in [1.165, 1.54) is 6.07 Å². The fourth-order valence-electron chi connectivity index (χ4n) is 2.91. The summed E-state index contributed by atoms with van der Waals surface area (Å²) in [6, 6.07) is 6.31. The van der Waals surface area contributed by atoms with Crippen LogP contribution in [0.3, 0.4) is 0 Å². The fraction of sp³-hybridized carbons (Fsp3) is 0.562. The molecular formula is C16H23FN2O2. The van der Waals surface area contributed by atoms with Crippen molar-refractivity contribution in [3.63, 3.8) is 0 Å². The third-order valence-electron chi connectivity index (χ3n) is 4.44. The van der Waals surface area contributed by atoms with Crippen molar-refractivity contribution >= 4 is 5.91 Å². The summed E-state index contributed by atoms with van der Waals surface area (Å²) in [7, 11) is 0. The number of hydrogen-bond acceptors (Lipinski definition) is 3. The number of halogens is 1. The molecule has 0 heterocycles. The van der Waals surface area contributed by atoms with Crippen LogP contribution in [0.4, 0.5) is 4.39 Å². The zero-order valence-corrected chi connectivity index (χ0v) is 12.3. The molecular weight excluding hydrogens is 271 g/mol. The average Bonchev–Trinajstić information content (AvgIpc) is 2.80. The summed E-state index contributed by atoms with van der Waals surface area (Å²) >= 11 is 0. The lowest BCUT2D eigenvalue weighted by Crippen LogP contribution is -2.56. The zero-order valence-electron chi connectivity index (χ0n) is 12.3. The van der Waals surface area contributed by atoms with Crippen LogP contribution >= 0.6 is 0 Å². The molecule has 116 valence electrons. The minimum absolute atomic E-state index is 0.0822. The molecule has 0 radical (unpaired) electrons. The van der Waals surface area contributed by atoms with E-state index in [1.807, 2.05) is 6.92 Å². The Morgan fingerprint density at radius 1 is 1.57 bits per heavy atom. The number of benzene rings is 1. The van der Waals surface area contributed by atoms with Gasteiger partial charge in [-0.15, -0.1) is 0 Å². The molecule has 1 aromatic carbocycles. The molecule has 5 heteroatoms. The van der Waals surface area contributed by atoms with Crippen LogP contribution in [0.1, 0.15) is 31.7 Å². The predicted octanol–water partition coefficient (Wildman–Crippen LogP) is 1.36. The van der Waals surface area contributed by atoms with E-state index in [0.29, 0.717) is 12.0 Å². The molecule has 0 bridgehead atoms. The fourth-order valence-corrected chi connectivity index (χ4v) is 2.91. The first kappa shape index (κ1) is 15.9. The van der Waals surface area contributed by atoms with Crippen molar-refractivity contribution in [2.24, 2.45) is 11.7 Å². The maximum Gasteiger partial charge on any atom is 0.240 e. The molecule has 0 aliphatic heterocycles. The van der Waals surface area contributed by atoms with Gasteiger partial charge in [-0.3, -0.25) is 4.79 Å². The summed E-state index contributed by atoms with van der Waals surface area (Å²) in [6.45, 7) is 2.06. The van der Waals surface area contributed by atoms with Crippen molar-refractivity contribution in [2.45, 2.75) is 44.2 Å². The lowest BCUT2D eigenvalue weighted by Gasteiger charge is -2.28. The van der Waals surface area contributed by atoms with Crippen LogP contribution in [-0.4, -0.2) is 29.2 Å². The van der Waals surface area contributed by atoms with Crippen molar-refractivity contribution in [3.05, 3.63) is 35.6 Å². The SMILES string of the molecule is CC1CCCC1(N)C(=O)NCC(O)Cc1ccccc1F. The molecule has 3 atom stereocenters. The minimum atomic E-state index is -0.836. The van der Waals surface area contributed by atoms with Crippen molar-refractivity contribution < 1.29 is 14.3 Å². The Labute approximate surface area is 124 Å². The number of aliphatic hydroxyl groups is 1. The van der Waals surface area contributed by atoms with Gasteiger partial charge in [0.2, 0.25) is 5.91 Å². The normalized spacial score (nSPS) is 26.6. The van der Waals surface area contributed by atoms with E-state index in [0.717, 1.165) is 12.8 Å². The first-order valence-electron chi connectivity index (χ1n) is 7.42. The van der Waals surface area contributed by atoms with Crippen molar-refractivity contribution in [3.8, 4) is 0 Å².